The number of carbonyl (C=O) groups excluding carboxylic acids is 1. The number of benzene rings is 1. The zero-order valence-electron chi connectivity index (χ0n) is 15.6. The van der Waals surface area contributed by atoms with Gasteiger partial charge in [0, 0.05) is 31.7 Å². The fraction of sp³-hybridized carbons (Fsp3) is 0.632. The van der Waals surface area contributed by atoms with Crippen molar-refractivity contribution in [1.82, 2.24) is 15.5 Å². The van der Waals surface area contributed by atoms with E-state index >= 15 is 0 Å². The molecule has 1 amide bonds. The van der Waals surface area contributed by atoms with E-state index in [2.05, 4.69) is 43.2 Å². The molecule has 0 saturated carbocycles. The van der Waals surface area contributed by atoms with Crippen LogP contribution in [0.5, 0.6) is 5.75 Å². The molecule has 134 valence electrons. The number of fused-ring (bicyclic) bond motifs is 1. The maximum Gasteiger partial charge on any atom is 0.241 e. The van der Waals surface area contributed by atoms with E-state index < -0.39 is 0 Å². The lowest BCUT2D eigenvalue weighted by Crippen LogP contribution is -2.46. The summed E-state index contributed by atoms with van der Waals surface area (Å²) in [5.74, 6) is 0.896. The molecule has 1 heterocycles. The Kier molecular flexibility index (Phi) is 6.63. The second-order valence-corrected chi connectivity index (χ2v) is 6.92. The number of carbonyl (C=O) groups is 1. The highest BCUT2D eigenvalue weighted by atomic mass is 16.5. The Morgan fingerprint density at radius 2 is 2.04 bits per heavy atom. The molecule has 0 spiro atoms. The van der Waals surface area contributed by atoms with Gasteiger partial charge in [-0.1, -0.05) is 6.07 Å². The normalized spacial score (nSPS) is 17.2. The molecule has 2 rings (SSSR count). The summed E-state index contributed by atoms with van der Waals surface area (Å²) in [6, 6.07) is 6.64. The van der Waals surface area contributed by atoms with Gasteiger partial charge < -0.3 is 15.4 Å². The van der Waals surface area contributed by atoms with E-state index in [0.717, 1.165) is 30.8 Å². The minimum absolute atomic E-state index is 0.0496. The first-order valence-electron chi connectivity index (χ1n) is 8.87. The maximum absolute atomic E-state index is 12.6. The zero-order chi connectivity index (χ0) is 17.7. The molecular formula is C19H31N3O2. The molecule has 0 aromatic heterocycles. The van der Waals surface area contributed by atoms with E-state index in [1.165, 1.54) is 5.56 Å². The Morgan fingerprint density at radius 1 is 1.33 bits per heavy atom. The second-order valence-electron chi connectivity index (χ2n) is 6.92. The lowest BCUT2D eigenvalue weighted by atomic mass is 9.93. The predicted octanol–water partition coefficient (Wildman–Crippen LogP) is 2.12. The third-order valence-corrected chi connectivity index (χ3v) is 4.66. The smallest absolute Gasteiger partial charge is 0.241 e. The average Bonchev–Trinajstić information content (AvgIpc) is 2.56. The molecule has 1 aliphatic heterocycles. The van der Waals surface area contributed by atoms with E-state index in [0.29, 0.717) is 18.6 Å². The van der Waals surface area contributed by atoms with E-state index in [1.807, 2.05) is 18.2 Å². The van der Waals surface area contributed by atoms with Crippen molar-refractivity contribution in [3.63, 3.8) is 0 Å². The summed E-state index contributed by atoms with van der Waals surface area (Å²) in [4.78, 5) is 15.0. The summed E-state index contributed by atoms with van der Waals surface area (Å²) >= 11 is 0. The Hall–Kier alpha value is -1.59. The van der Waals surface area contributed by atoms with Gasteiger partial charge in [-0.25, -0.2) is 0 Å². The highest BCUT2D eigenvalue weighted by Crippen LogP contribution is 2.26. The zero-order valence-corrected chi connectivity index (χ0v) is 15.6. The van der Waals surface area contributed by atoms with Gasteiger partial charge in [0.2, 0.25) is 5.91 Å². The van der Waals surface area contributed by atoms with Crippen LogP contribution in [0.15, 0.2) is 18.2 Å². The number of amides is 1. The minimum atomic E-state index is -0.272. The van der Waals surface area contributed by atoms with Gasteiger partial charge in [0.15, 0.2) is 0 Å². The molecule has 0 saturated heterocycles. The van der Waals surface area contributed by atoms with Crippen LogP contribution < -0.4 is 15.4 Å². The third kappa shape index (κ3) is 4.48. The van der Waals surface area contributed by atoms with Gasteiger partial charge in [-0.3, -0.25) is 9.69 Å². The van der Waals surface area contributed by atoms with Gasteiger partial charge in [0.25, 0.3) is 0 Å². The lowest BCUT2D eigenvalue weighted by molar-refractivity contribution is -0.123. The highest BCUT2D eigenvalue weighted by molar-refractivity contribution is 5.84. The SMILES string of the molecule is COc1ccc2c(c1)CCNC2C(=O)NCCN(C(C)C)C(C)C. The van der Waals surface area contributed by atoms with Gasteiger partial charge in [-0.2, -0.15) is 0 Å². The van der Waals surface area contributed by atoms with Crippen molar-refractivity contribution in [2.45, 2.75) is 52.2 Å². The minimum Gasteiger partial charge on any atom is -0.497 e. The predicted molar refractivity (Wildman–Crippen MR) is 97.4 cm³/mol. The topological polar surface area (TPSA) is 53.6 Å². The number of rotatable bonds is 7. The van der Waals surface area contributed by atoms with Crippen molar-refractivity contribution in [2.24, 2.45) is 0 Å². The van der Waals surface area contributed by atoms with Crippen LogP contribution in [0.1, 0.15) is 44.9 Å². The number of hydrogen-bond acceptors (Lipinski definition) is 4. The summed E-state index contributed by atoms with van der Waals surface area (Å²) in [6.45, 7) is 11.1. The summed E-state index contributed by atoms with van der Waals surface area (Å²) in [5, 5.41) is 6.42. The Labute approximate surface area is 145 Å². The van der Waals surface area contributed by atoms with Crippen molar-refractivity contribution < 1.29 is 9.53 Å². The molecule has 24 heavy (non-hydrogen) atoms. The second kappa shape index (κ2) is 8.49. The van der Waals surface area contributed by atoms with Crippen molar-refractivity contribution in [3.05, 3.63) is 29.3 Å². The summed E-state index contributed by atoms with van der Waals surface area (Å²) in [7, 11) is 1.67. The van der Waals surface area contributed by atoms with E-state index in [4.69, 9.17) is 4.74 Å². The van der Waals surface area contributed by atoms with Gasteiger partial charge in [-0.15, -0.1) is 0 Å². The van der Waals surface area contributed by atoms with Crippen molar-refractivity contribution in [1.29, 1.82) is 0 Å². The molecule has 0 radical (unpaired) electrons. The number of nitrogens with one attached hydrogen (secondary N) is 2. The first-order chi connectivity index (χ1) is 11.4. The van der Waals surface area contributed by atoms with Crippen LogP contribution in [0, 0.1) is 0 Å². The standard InChI is InChI=1S/C19H31N3O2/c1-13(2)22(14(3)4)11-10-21-19(23)18-17-7-6-16(24-5)12-15(17)8-9-20-18/h6-7,12-14,18,20H,8-11H2,1-5H3,(H,21,23). The lowest BCUT2D eigenvalue weighted by Gasteiger charge is -2.31. The molecule has 0 fully saturated rings. The van der Waals surface area contributed by atoms with Crippen molar-refractivity contribution in [2.75, 3.05) is 26.7 Å². The van der Waals surface area contributed by atoms with Gasteiger partial charge in [-0.05, 0) is 57.4 Å². The average molecular weight is 333 g/mol. The van der Waals surface area contributed by atoms with Gasteiger partial charge >= 0.3 is 0 Å². The first kappa shape index (κ1) is 18.7. The molecule has 1 aliphatic rings. The van der Waals surface area contributed by atoms with Crippen LogP contribution in [0.25, 0.3) is 0 Å². The van der Waals surface area contributed by atoms with Gasteiger partial charge in [0.05, 0.1) is 7.11 Å². The summed E-state index contributed by atoms with van der Waals surface area (Å²) < 4.78 is 5.29. The van der Waals surface area contributed by atoms with Crippen LogP contribution in [0.4, 0.5) is 0 Å². The number of ether oxygens (including phenoxy) is 1. The number of nitrogens with zero attached hydrogens (tertiary/aromatic N) is 1. The van der Waals surface area contributed by atoms with Crippen LogP contribution in [-0.4, -0.2) is 49.6 Å². The molecule has 0 aliphatic carbocycles. The Bertz CT molecular complexity index is 550. The number of hydrogen-bond donors (Lipinski definition) is 2. The number of methoxy groups -OCH3 is 1. The maximum atomic E-state index is 12.6. The summed E-state index contributed by atoms with van der Waals surface area (Å²) in [6.07, 6.45) is 0.921. The molecule has 1 atom stereocenters. The molecule has 5 nitrogen and oxygen atoms in total. The molecule has 5 heteroatoms. The quantitative estimate of drug-likeness (QED) is 0.802. The largest absolute Gasteiger partial charge is 0.497 e. The van der Waals surface area contributed by atoms with Crippen LogP contribution in [0.2, 0.25) is 0 Å². The van der Waals surface area contributed by atoms with E-state index in [1.54, 1.807) is 7.11 Å². The molecular weight excluding hydrogens is 302 g/mol. The summed E-state index contributed by atoms with van der Waals surface area (Å²) in [5.41, 5.74) is 2.25. The molecule has 2 N–H and O–H groups in total. The monoisotopic (exact) mass is 333 g/mol. The first-order valence-corrected chi connectivity index (χ1v) is 8.87. The van der Waals surface area contributed by atoms with Crippen molar-refractivity contribution >= 4 is 5.91 Å². The fourth-order valence-corrected chi connectivity index (χ4v) is 3.43. The van der Waals surface area contributed by atoms with Crippen molar-refractivity contribution in [3.8, 4) is 5.75 Å². The van der Waals surface area contributed by atoms with Gasteiger partial charge in [0.1, 0.15) is 11.8 Å². The molecule has 0 bridgehead atoms. The van der Waals surface area contributed by atoms with E-state index in [9.17, 15) is 4.79 Å². The highest BCUT2D eigenvalue weighted by Gasteiger charge is 2.26. The Balaban J connectivity index is 1.97. The van der Waals surface area contributed by atoms with E-state index in [-0.39, 0.29) is 11.9 Å². The fourth-order valence-electron chi connectivity index (χ4n) is 3.43. The van der Waals surface area contributed by atoms with Crippen LogP contribution >= 0.6 is 0 Å². The van der Waals surface area contributed by atoms with Crippen LogP contribution in [0.3, 0.4) is 0 Å². The third-order valence-electron chi connectivity index (χ3n) is 4.66. The molecule has 1 aromatic carbocycles. The molecule has 1 aromatic rings. The Morgan fingerprint density at radius 3 is 2.67 bits per heavy atom. The molecule has 1 unspecified atom stereocenters. The van der Waals surface area contributed by atoms with Crippen LogP contribution in [-0.2, 0) is 11.2 Å².